The standard InChI is InChI=1S/C17H25NO/c1-13-4-7-16(14(2)12-13)19-17(8-3-9-17)10-11-18-15-5-6-15/h4,7,12,15,18H,3,5-6,8-11H2,1-2H3. The number of nitrogens with one attached hydrogen (secondary N) is 1. The van der Waals surface area contributed by atoms with Gasteiger partial charge in [0.25, 0.3) is 0 Å². The third-order valence-electron chi connectivity index (χ3n) is 4.51. The summed E-state index contributed by atoms with van der Waals surface area (Å²) in [4.78, 5) is 0. The van der Waals surface area contributed by atoms with Crippen LogP contribution in [0.3, 0.4) is 0 Å². The minimum absolute atomic E-state index is 0.113. The van der Waals surface area contributed by atoms with Crippen molar-refractivity contribution >= 4 is 0 Å². The Balaban J connectivity index is 1.60. The van der Waals surface area contributed by atoms with Gasteiger partial charge in [0.15, 0.2) is 0 Å². The Hall–Kier alpha value is -1.02. The maximum Gasteiger partial charge on any atom is 0.123 e. The molecule has 0 unspecified atom stereocenters. The van der Waals surface area contributed by atoms with E-state index in [0.717, 1.165) is 24.8 Å². The van der Waals surface area contributed by atoms with Crippen LogP contribution in [0.15, 0.2) is 18.2 Å². The highest BCUT2D eigenvalue weighted by Crippen LogP contribution is 2.40. The van der Waals surface area contributed by atoms with Crippen LogP contribution in [0, 0.1) is 13.8 Å². The number of hydrogen-bond acceptors (Lipinski definition) is 2. The topological polar surface area (TPSA) is 21.3 Å². The average molecular weight is 259 g/mol. The molecule has 2 nitrogen and oxygen atoms in total. The molecule has 0 aliphatic heterocycles. The largest absolute Gasteiger partial charge is 0.487 e. The molecular weight excluding hydrogens is 234 g/mol. The van der Waals surface area contributed by atoms with Crippen LogP contribution in [0.5, 0.6) is 5.75 Å². The first-order valence-electron chi connectivity index (χ1n) is 7.67. The molecule has 0 bridgehead atoms. The van der Waals surface area contributed by atoms with E-state index in [1.165, 1.54) is 43.2 Å². The molecule has 1 N–H and O–H groups in total. The van der Waals surface area contributed by atoms with Gasteiger partial charge in [-0.05, 0) is 70.5 Å². The van der Waals surface area contributed by atoms with Gasteiger partial charge in [0.2, 0.25) is 0 Å². The van der Waals surface area contributed by atoms with E-state index < -0.39 is 0 Å². The van der Waals surface area contributed by atoms with Gasteiger partial charge in [0.05, 0.1) is 0 Å². The summed E-state index contributed by atoms with van der Waals surface area (Å²) in [5, 5.41) is 3.61. The van der Waals surface area contributed by atoms with Gasteiger partial charge in [-0.25, -0.2) is 0 Å². The lowest BCUT2D eigenvalue weighted by molar-refractivity contribution is -0.0148. The van der Waals surface area contributed by atoms with Gasteiger partial charge in [-0.15, -0.1) is 0 Å². The number of benzene rings is 1. The van der Waals surface area contributed by atoms with E-state index in [4.69, 9.17) is 4.74 Å². The Morgan fingerprint density at radius 2 is 2.05 bits per heavy atom. The van der Waals surface area contributed by atoms with E-state index in [1.807, 2.05) is 0 Å². The first kappa shape index (κ1) is 13.0. The van der Waals surface area contributed by atoms with Crippen molar-refractivity contribution in [1.82, 2.24) is 5.32 Å². The molecule has 2 saturated carbocycles. The van der Waals surface area contributed by atoms with Crippen molar-refractivity contribution in [2.45, 2.75) is 64.0 Å². The fraction of sp³-hybridized carbons (Fsp3) is 0.647. The van der Waals surface area contributed by atoms with Gasteiger partial charge in [0, 0.05) is 6.04 Å². The van der Waals surface area contributed by atoms with Crippen LogP contribution in [-0.2, 0) is 0 Å². The van der Waals surface area contributed by atoms with Crippen LogP contribution >= 0.6 is 0 Å². The molecule has 2 aliphatic rings. The quantitative estimate of drug-likeness (QED) is 0.840. The van der Waals surface area contributed by atoms with Gasteiger partial charge in [-0.1, -0.05) is 17.7 Å². The van der Waals surface area contributed by atoms with Crippen molar-refractivity contribution in [1.29, 1.82) is 0 Å². The molecule has 2 heteroatoms. The highest BCUT2D eigenvalue weighted by Gasteiger charge is 2.39. The predicted octanol–water partition coefficient (Wildman–Crippen LogP) is 3.75. The van der Waals surface area contributed by atoms with Crippen LogP contribution in [0.1, 0.15) is 49.7 Å². The van der Waals surface area contributed by atoms with E-state index in [-0.39, 0.29) is 5.60 Å². The molecule has 0 amide bonds. The smallest absolute Gasteiger partial charge is 0.123 e. The molecule has 104 valence electrons. The summed E-state index contributed by atoms with van der Waals surface area (Å²) in [5.41, 5.74) is 2.69. The van der Waals surface area contributed by atoms with Crippen LogP contribution in [0.2, 0.25) is 0 Å². The van der Waals surface area contributed by atoms with Crippen LogP contribution in [-0.4, -0.2) is 18.2 Å². The van der Waals surface area contributed by atoms with E-state index in [9.17, 15) is 0 Å². The zero-order valence-electron chi connectivity index (χ0n) is 12.2. The number of ether oxygens (including phenoxy) is 1. The van der Waals surface area contributed by atoms with E-state index in [2.05, 4.69) is 37.4 Å². The number of rotatable bonds is 6. The highest BCUT2D eigenvalue weighted by atomic mass is 16.5. The van der Waals surface area contributed by atoms with E-state index >= 15 is 0 Å². The summed E-state index contributed by atoms with van der Waals surface area (Å²) in [6.45, 7) is 5.39. The predicted molar refractivity (Wildman–Crippen MR) is 78.8 cm³/mol. The molecule has 19 heavy (non-hydrogen) atoms. The zero-order valence-corrected chi connectivity index (χ0v) is 12.2. The second-order valence-electron chi connectivity index (χ2n) is 6.39. The normalized spacial score (nSPS) is 20.9. The molecule has 2 fully saturated rings. The van der Waals surface area contributed by atoms with Crippen molar-refractivity contribution in [3.63, 3.8) is 0 Å². The van der Waals surface area contributed by atoms with Crippen LogP contribution in [0.25, 0.3) is 0 Å². The van der Waals surface area contributed by atoms with Gasteiger partial charge >= 0.3 is 0 Å². The second kappa shape index (κ2) is 5.16. The Bertz CT molecular complexity index is 447. The Kier molecular flexibility index (Phi) is 3.53. The second-order valence-corrected chi connectivity index (χ2v) is 6.39. The SMILES string of the molecule is Cc1ccc(OC2(CCNC3CC3)CCC2)c(C)c1. The molecule has 1 aromatic rings. The van der Waals surface area contributed by atoms with Crippen molar-refractivity contribution in [2.75, 3.05) is 6.54 Å². The van der Waals surface area contributed by atoms with Crippen molar-refractivity contribution in [2.24, 2.45) is 0 Å². The van der Waals surface area contributed by atoms with Gasteiger partial charge in [-0.3, -0.25) is 0 Å². The molecule has 0 spiro atoms. The first-order chi connectivity index (χ1) is 9.17. The summed E-state index contributed by atoms with van der Waals surface area (Å²) in [5.74, 6) is 1.08. The molecule has 3 rings (SSSR count). The van der Waals surface area contributed by atoms with Crippen molar-refractivity contribution < 1.29 is 4.74 Å². The van der Waals surface area contributed by atoms with E-state index in [0.29, 0.717) is 0 Å². The molecule has 2 aliphatic carbocycles. The Morgan fingerprint density at radius 1 is 1.26 bits per heavy atom. The van der Waals surface area contributed by atoms with Gasteiger partial charge in [0.1, 0.15) is 11.4 Å². The molecule has 1 aromatic carbocycles. The lowest BCUT2D eigenvalue weighted by Gasteiger charge is -2.42. The maximum atomic E-state index is 6.39. The summed E-state index contributed by atoms with van der Waals surface area (Å²) in [7, 11) is 0. The Labute approximate surface area is 116 Å². The van der Waals surface area contributed by atoms with Crippen molar-refractivity contribution in [3.05, 3.63) is 29.3 Å². The van der Waals surface area contributed by atoms with Gasteiger partial charge < -0.3 is 10.1 Å². The molecule has 0 saturated heterocycles. The average Bonchev–Trinajstić information content (AvgIpc) is 3.13. The molecular formula is C17H25NO. The molecule has 0 aromatic heterocycles. The molecule has 0 atom stereocenters. The highest BCUT2D eigenvalue weighted by molar-refractivity contribution is 5.36. The van der Waals surface area contributed by atoms with Gasteiger partial charge in [-0.2, -0.15) is 0 Å². The fourth-order valence-electron chi connectivity index (χ4n) is 2.91. The summed E-state index contributed by atoms with van der Waals surface area (Å²) in [6.07, 6.45) is 7.63. The van der Waals surface area contributed by atoms with Crippen LogP contribution < -0.4 is 10.1 Å². The van der Waals surface area contributed by atoms with Crippen molar-refractivity contribution in [3.8, 4) is 5.75 Å². The minimum Gasteiger partial charge on any atom is -0.487 e. The maximum absolute atomic E-state index is 6.39. The third kappa shape index (κ3) is 3.11. The summed E-state index contributed by atoms with van der Waals surface area (Å²) < 4.78 is 6.39. The summed E-state index contributed by atoms with van der Waals surface area (Å²) in [6, 6.07) is 7.30. The molecule has 0 heterocycles. The monoisotopic (exact) mass is 259 g/mol. The van der Waals surface area contributed by atoms with E-state index in [1.54, 1.807) is 0 Å². The minimum atomic E-state index is 0.113. The number of aryl methyl sites for hydroxylation is 2. The lowest BCUT2D eigenvalue weighted by atomic mass is 9.77. The molecule has 0 radical (unpaired) electrons. The Morgan fingerprint density at radius 3 is 2.63 bits per heavy atom. The fourth-order valence-corrected chi connectivity index (χ4v) is 2.91. The summed E-state index contributed by atoms with van der Waals surface area (Å²) >= 11 is 0. The first-order valence-corrected chi connectivity index (χ1v) is 7.67. The zero-order chi connectivity index (χ0) is 13.3. The number of hydrogen-bond donors (Lipinski definition) is 1. The third-order valence-corrected chi connectivity index (χ3v) is 4.51. The van der Waals surface area contributed by atoms with Crippen LogP contribution in [0.4, 0.5) is 0 Å². The lowest BCUT2D eigenvalue weighted by Crippen LogP contribution is -2.45.